The predicted molar refractivity (Wildman–Crippen MR) is 69.5 cm³/mol. The summed E-state index contributed by atoms with van der Waals surface area (Å²) in [5.41, 5.74) is 0. The molecule has 2 amide bonds. The summed E-state index contributed by atoms with van der Waals surface area (Å²) in [6.45, 7) is 12.4. The molecule has 4 nitrogen and oxygen atoms in total. The molecule has 0 radical (unpaired) electrons. The van der Waals surface area contributed by atoms with Crippen molar-refractivity contribution < 1.29 is 9.59 Å². The molecule has 0 aliphatic heterocycles. The first kappa shape index (κ1) is 15.9. The quantitative estimate of drug-likeness (QED) is 0.742. The molecule has 0 saturated carbocycles. The number of hydrogen-bond acceptors (Lipinski definition) is 2. The summed E-state index contributed by atoms with van der Waals surface area (Å²) in [5.74, 6) is 1.23. The van der Waals surface area contributed by atoms with Gasteiger partial charge >= 0.3 is 0 Å². The molecular formula is C13H26N2O2. The van der Waals surface area contributed by atoms with Crippen LogP contribution in [0.5, 0.6) is 0 Å². The van der Waals surface area contributed by atoms with E-state index in [1.807, 2.05) is 0 Å². The summed E-state index contributed by atoms with van der Waals surface area (Å²) in [6.07, 6.45) is 0. The molecule has 2 N–H and O–H groups in total. The number of carbonyl (C=O) groups excluding carboxylic acids is 2. The zero-order valence-electron chi connectivity index (χ0n) is 11.8. The SMILES string of the molecule is CC(=O)NC(C)C(=O)NCC(C(C)C)C(C)C. The minimum absolute atomic E-state index is 0.119. The smallest absolute Gasteiger partial charge is 0.242 e. The molecule has 0 aromatic heterocycles. The lowest BCUT2D eigenvalue weighted by Crippen LogP contribution is -2.46. The van der Waals surface area contributed by atoms with Gasteiger partial charge in [-0.1, -0.05) is 27.7 Å². The third-order valence-electron chi connectivity index (χ3n) is 3.04. The molecule has 100 valence electrons. The third kappa shape index (κ3) is 6.29. The van der Waals surface area contributed by atoms with Gasteiger partial charge in [0, 0.05) is 13.5 Å². The minimum atomic E-state index is -0.465. The number of amides is 2. The average Bonchev–Trinajstić information content (AvgIpc) is 2.15. The van der Waals surface area contributed by atoms with E-state index in [9.17, 15) is 9.59 Å². The standard InChI is InChI=1S/C13H26N2O2/c1-8(2)12(9(3)4)7-14-13(17)10(5)15-11(6)16/h8-10,12H,7H2,1-6H3,(H,14,17)(H,15,16). The number of carbonyl (C=O) groups is 2. The summed E-state index contributed by atoms with van der Waals surface area (Å²) < 4.78 is 0. The van der Waals surface area contributed by atoms with Crippen LogP contribution in [0.1, 0.15) is 41.5 Å². The molecule has 1 unspecified atom stereocenters. The predicted octanol–water partition coefficient (Wildman–Crippen LogP) is 1.56. The first-order valence-electron chi connectivity index (χ1n) is 6.30. The van der Waals surface area contributed by atoms with Crippen molar-refractivity contribution in [2.75, 3.05) is 6.54 Å². The molecule has 4 heteroatoms. The Morgan fingerprint density at radius 3 is 1.82 bits per heavy atom. The summed E-state index contributed by atoms with van der Waals surface area (Å²) in [6, 6.07) is -0.465. The van der Waals surface area contributed by atoms with Gasteiger partial charge in [-0.3, -0.25) is 9.59 Å². The van der Waals surface area contributed by atoms with Crippen molar-refractivity contribution in [3.8, 4) is 0 Å². The van der Waals surface area contributed by atoms with Gasteiger partial charge in [-0.2, -0.15) is 0 Å². The van der Waals surface area contributed by atoms with E-state index in [-0.39, 0.29) is 11.8 Å². The molecule has 0 heterocycles. The molecule has 17 heavy (non-hydrogen) atoms. The maximum absolute atomic E-state index is 11.7. The first-order valence-corrected chi connectivity index (χ1v) is 6.30. The van der Waals surface area contributed by atoms with Gasteiger partial charge in [0.2, 0.25) is 11.8 Å². The molecule has 0 saturated heterocycles. The Morgan fingerprint density at radius 2 is 1.47 bits per heavy atom. The highest BCUT2D eigenvalue weighted by Crippen LogP contribution is 2.19. The zero-order chi connectivity index (χ0) is 13.6. The lowest BCUT2D eigenvalue weighted by atomic mass is 9.85. The monoisotopic (exact) mass is 242 g/mol. The Morgan fingerprint density at radius 1 is 1.00 bits per heavy atom. The van der Waals surface area contributed by atoms with E-state index in [4.69, 9.17) is 0 Å². The maximum atomic E-state index is 11.7. The van der Waals surface area contributed by atoms with Crippen molar-refractivity contribution in [3.05, 3.63) is 0 Å². The van der Waals surface area contributed by atoms with Crippen LogP contribution in [0.3, 0.4) is 0 Å². The lowest BCUT2D eigenvalue weighted by molar-refractivity contribution is -0.127. The number of nitrogens with one attached hydrogen (secondary N) is 2. The second-order valence-corrected chi connectivity index (χ2v) is 5.32. The largest absolute Gasteiger partial charge is 0.354 e. The lowest BCUT2D eigenvalue weighted by Gasteiger charge is -2.25. The Kier molecular flexibility index (Phi) is 6.85. The van der Waals surface area contributed by atoms with Crippen LogP contribution in [0.25, 0.3) is 0 Å². The Balaban J connectivity index is 4.17. The fourth-order valence-electron chi connectivity index (χ4n) is 1.98. The highest BCUT2D eigenvalue weighted by Gasteiger charge is 2.20. The number of hydrogen-bond donors (Lipinski definition) is 2. The molecule has 0 fully saturated rings. The van der Waals surface area contributed by atoms with Crippen LogP contribution in [0.2, 0.25) is 0 Å². The summed E-state index contributed by atoms with van der Waals surface area (Å²) in [4.78, 5) is 22.5. The van der Waals surface area contributed by atoms with Gasteiger partial charge in [0.15, 0.2) is 0 Å². The van der Waals surface area contributed by atoms with Crippen LogP contribution in [-0.4, -0.2) is 24.4 Å². The highest BCUT2D eigenvalue weighted by molar-refractivity contribution is 5.86. The number of rotatable bonds is 6. The van der Waals surface area contributed by atoms with Crippen LogP contribution < -0.4 is 10.6 Å². The van der Waals surface area contributed by atoms with Crippen molar-refractivity contribution in [3.63, 3.8) is 0 Å². The van der Waals surface area contributed by atoms with E-state index in [1.54, 1.807) is 6.92 Å². The van der Waals surface area contributed by atoms with Crippen LogP contribution in [0.4, 0.5) is 0 Å². The molecule has 0 bridgehead atoms. The van der Waals surface area contributed by atoms with Gasteiger partial charge in [0.25, 0.3) is 0 Å². The second kappa shape index (κ2) is 7.30. The van der Waals surface area contributed by atoms with Crippen molar-refractivity contribution in [2.24, 2.45) is 17.8 Å². The third-order valence-corrected chi connectivity index (χ3v) is 3.04. The van der Waals surface area contributed by atoms with Crippen LogP contribution in [0, 0.1) is 17.8 Å². The summed E-state index contributed by atoms with van der Waals surface area (Å²) in [7, 11) is 0. The zero-order valence-corrected chi connectivity index (χ0v) is 11.8. The van der Waals surface area contributed by atoms with E-state index >= 15 is 0 Å². The van der Waals surface area contributed by atoms with Crippen LogP contribution >= 0.6 is 0 Å². The maximum Gasteiger partial charge on any atom is 0.242 e. The molecule has 1 atom stereocenters. The molecule has 0 aromatic rings. The van der Waals surface area contributed by atoms with E-state index in [0.717, 1.165) is 0 Å². The van der Waals surface area contributed by atoms with E-state index in [0.29, 0.717) is 24.3 Å². The molecule has 0 rings (SSSR count). The molecule has 0 spiro atoms. The van der Waals surface area contributed by atoms with E-state index in [2.05, 4.69) is 38.3 Å². The molecular weight excluding hydrogens is 216 g/mol. The molecule has 0 aliphatic rings. The minimum Gasteiger partial charge on any atom is -0.354 e. The topological polar surface area (TPSA) is 58.2 Å². The van der Waals surface area contributed by atoms with Crippen LogP contribution in [0.15, 0.2) is 0 Å². The van der Waals surface area contributed by atoms with E-state index < -0.39 is 6.04 Å². The van der Waals surface area contributed by atoms with Gasteiger partial charge in [-0.15, -0.1) is 0 Å². The summed E-state index contributed by atoms with van der Waals surface area (Å²) in [5, 5.41) is 5.47. The van der Waals surface area contributed by atoms with Gasteiger partial charge < -0.3 is 10.6 Å². The van der Waals surface area contributed by atoms with Crippen molar-refractivity contribution >= 4 is 11.8 Å². The Labute approximate surface area is 105 Å². The Bertz CT molecular complexity index is 254. The van der Waals surface area contributed by atoms with Crippen molar-refractivity contribution in [1.82, 2.24) is 10.6 Å². The van der Waals surface area contributed by atoms with Gasteiger partial charge in [-0.25, -0.2) is 0 Å². The van der Waals surface area contributed by atoms with Gasteiger partial charge in [0.1, 0.15) is 6.04 Å². The van der Waals surface area contributed by atoms with E-state index in [1.165, 1.54) is 6.92 Å². The van der Waals surface area contributed by atoms with Gasteiger partial charge in [0.05, 0.1) is 0 Å². The highest BCUT2D eigenvalue weighted by atomic mass is 16.2. The average molecular weight is 242 g/mol. The van der Waals surface area contributed by atoms with Crippen molar-refractivity contribution in [2.45, 2.75) is 47.6 Å². The molecule has 0 aromatic carbocycles. The fourth-order valence-corrected chi connectivity index (χ4v) is 1.98. The molecule has 0 aliphatic carbocycles. The van der Waals surface area contributed by atoms with Crippen molar-refractivity contribution in [1.29, 1.82) is 0 Å². The fraction of sp³-hybridized carbons (Fsp3) is 0.846. The summed E-state index contributed by atoms with van der Waals surface area (Å²) >= 11 is 0. The van der Waals surface area contributed by atoms with Crippen LogP contribution in [-0.2, 0) is 9.59 Å². The van der Waals surface area contributed by atoms with Gasteiger partial charge in [-0.05, 0) is 24.7 Å². The first-order chi connectivity index (χ1) is 7.75. The Hall–Kier alpha value is -1.06. The normalized spacial score (nSPS) is 13.0. The second-order valence-electron chi connectivity index (χ2n) is 5.32.